The van der Waals surface area contributed by atoms with Gasteiger partial charge in [-0.1, -0.05) is 0 Å². The third kappa shape index (κ3) is 2.32. The minimum atomic E-state index is -0.357. The molecule has 0 spiro atoms. The highest BCUT2D eigenvalue weighted by atomic mass is 79.9. The number of fused-ring (bicyclic) bond motifs is 1. The lowest BCUT2D eigenvalue weighted by Gasteiger charge is -2.11. The first-order valence-corrected chi connectivity index (χ1v) is 6.69. The Morgan fingerprint density at radius 1 is 1.05 bits per heavy atom. The number of hydrogen-bond acceptors (Lipinski definition) is 3. The molecule has 0 saturated carbocycles. The number of hydrogen-bond donors (Lipinski definition) is 1. The van der Waals surface area contributed by atoms with Crippen molar-refractivity contribution in [3.63, 3.8) is 0 Å². The number of rotatable bonds is 2. The van der Waals surface area contributed by atoms with Gasteiger partial charge in [0.1, 0.15) is 17.3 Å². The van der Waals surface area contributed by atoms with Gasteiger partial charge in [0.15, 0.2) is 0 Å². The van der Waals surface area contributed by atoms with Gasteiger partial charge in [-0.3, -0.25) is 4.98 Å². The van der Waals surface area contributed by atoms with E-state index in [2.05, 4.69) is 20.9 Å². The highest BCUT2D eigenvalue weighted by molar-refractivity contribution is 9.10. The highest BCUT2D eigenvalue weighted by Gasteiger charge is 2.09. The SMILES string of the molecule is Nc1ccc(Oc2cc(F)ccc2Br)c2ccncc12. The number of nitrogens with two attached hydrogens (primary N) is 1. The van der Waals surface area contributed by atoms with Crippen molar-refractivity contribution in [3.8, 4) is 11.5 Å². The van der Waals surface area contributed by atoms with Crippen molar-refractivity contribution in [2.45, 2.75) is 0 Å². The molecule has 0 aliphatic heterocycles. The standard InChI is InChI=1S/C15H10BrFN2O/c16-12-2-1-9(17)7-15(12)20-14-4-3-13(18)11-8-19-6-5-10(11)14/h1-8H,18H2. The Kier molecular flexibility index (Phi) is 3.28. The van der Waals surface area contributed by atoms with E-state index in [0.717, 1.165) is 10.8 Å². The predicted octanol–water partition coefficient (Wildman–Crippen LogP) is 4.51. The number of nitrogen functional groups attached to an aromatic ring is 1. The molecule has 0 aliphatic rings. The molecule has 0 amide bonds. The Morgan fingerprint density at radius 2 is 1.90 bits per heavy atom. The van der Waals surface area contributed by atoms with Crippen LogP contribution in [0.3, 0.4) is 0 Å². The van der Waals surface area contributed by atoms with Crippen molar-refractivity contribution in [1.29, 1.82) is 0 Å². The Bertz CT molecular complexity index is 792. The topological polar surface area (TPSA) is 48.1 Å². The van der Waals surface area contributed by atoms with E-state index in [1.54, 1.807) is 30.6 Å². The summed E-state index contributed by atoms with van der Waals surface area (Å²) in [6.45, 7) is 0. The number of nitrogens with zero attached hydrogens (tertiary/aromatic N) is 1. The average Bonchev–Trinajstić information content (AvgIpc) is 2.46. The van der Waals surface area contributed by atoms with Gasteiger partial charge in [-0.05, 0) is 46.3 Å². The van der Waals surface area contributed by atoms with Gasteiger partial charge in [0.05, 0.1) is 4.47 Å². The maximum absolute atomic E-state index is 13.3. The monoisotopic (exact) mass is 332 g/mol. The fourth-order valence-electron chi connectivity index (χ4n) is 1.95. The zero-order valence-electron chi connectivity index (χ0n) is 10.3. The van der Waals surface area contributed by atoms with E-state index >= 15 is 0 Å². The largest absolute Gasteiger partial charge is 0.455 e. The molecule has 5 heteroatoms. The predicted molar refractivity (Wildman–Crippen MR) is 80.3 cm³/mol. The maximum Gasteiger partial charge on any atom is 0.144 e. The van der Waals surface area contributed by atoms with Crippen LogP contribution in [0.15, 0.2) is 53.3 Å². The van der Waals surface area contributed by atoms with E-state index in [9.17, 15) is 4.39 Å². The van der Waals surface area contributed by atoms with Crippen LogP contribution in [-0.2, 0) is 0 Å². The van der Waals surface area contributed by atoms with Crippen LogP contribution in [0.5, 0.6) is 11.5 Å². The summed E-state index contributed by atoms with van der Waals surface area (Å²) in [5, 5.41) is 1.63. The second-order valence-corrected chi connectivity index (χ2v) is 5.11. The molecule has 0 atom stereocenters. The maximum atomic E-state index is 13.3. The number of pyridine rings is 1. The highest BCUT2D eigenvalue weighted by Crippen LogP contribution is 2.35. The smallest absolute Gasteiger partial charge is 0.144 e. The summed E-state index contributed by atoms with van der Waals surface area (Å²) in [5.41, 5.74) is 6.53. The van der Waals surface area contributed by atoms with Gasteiger partial charge in [-0.2, -0.15) is 0 Å². The summed E-state index contributed by atoms with van der Waals surface area (Å²) in [6, 6.07) is 9.61. The average molecular weight is 333 g/mol. The Balaban J connectivity index is 2.11. The molecular weight excluding hydrogens is 323 g/mol. The molecule has 1 aromatic heterocycles. The van der Waals surface area contributed by atoms with Crippen LogP contribution in [0.2, 0.25) is 0 Å². The Morgan fingerprint density at radius 3 is 2.75 bits per heavy atom. The lowest BCUT2D eigenvalue weighted by atomic mass is 10.1. The number of benzene rings is 2. The number of ether oxygens (including phenoxy) is 1. The van der Waals surface area contributed by atoms with Crippen molar-refractivity contribution in [2.24, 2.45) is 0 Å². The van der Waals surface area contributed by atoms with Gasteiger partial charge in [0.25, 0.3) is 0 Å². The van der Waals surface area contributed by atoms with Gasteiger partial charge in [0.2, 0.25) is 0 Å². The Labute approximate surface area is 123 Å². The molecule has 20 heavy (non-hydrogen) atoms. The molecule has 100 valence electrons. The fourth-order valence-corrected chi connectivity index (χ4v) is 2.27. The number of aromatic nitrogens is 1. The summed E-state index contributed by atoms with van der Waals surface area (Å²) in [4.78, 5) is 4.05. The molecular formula is C15H10BrFN2O. The fraction of sp³-hybridized carbons (Fsp3) is 0. The Hall–Kier alpha value is -2.14. The van der Waals surface area contributed by atoms with Gasteiger partial charge < -0.3 is 10.5 Å². The second-order valence-electron chi connectivity index (χ2n) is 4.25. The molecule has 1 heterocycles. The van der Waals surface area contributed by atoms with E-state index in [0.29, 0.717) is 21.7 Å². The molecule has 0 saturated heterocycles. The number of anilines is 1. The van der Waals surface area contributed by atoms with Crippen molar-refractivity contribution in [1.82, 2.24) is 4.98 Å². The van der Waals surface area contributed by atoms with Crippen LogP contribution in [0.1, 0.15) is 0 Å². The zero-order chi connectivity index (χ0) is 14.1. The first-order chi connectivity index (χ1) is 9.65. The molecule has 0 radical (unpaired) electrons. The minimum Gasteiger partial charge on any atom is -0.455 e. The van der Waals surface area contributed by atoms with E-state index < -0.39 is 0 Å². The third-order valence-corrected chi connectivity index (χ3v) is 3.58. The third-order valence-electron chi connectivity index (χ3n) is 2.92. The molecule has 3 rings (SSSR count). The first-order valence-electron chi connectivity index (χ1n) is 5.90. The summed E-state index contributed by atoms with van der Waals surface area (Å²) in [5.74, 6) is 0.653. The molecule has 0 unspecified atom stereocenters. The molecule has 0 bridgehead atoms. The van der Waals surface area contributed by atoms with E-state index in [4.69, 9.17) is 10.5 Å². The lowest BCUT2D eigenvalue weighted by Crippen LogP contribution is -1.92. The van der Waals surface area contributed by atoms with Gasteiger partial charge in [-0.25, -0.2) is 4.39 Å². The molecule has 3 nitrogen and oxygen atoms in total. The van der Waals surface area contributed by atoms with Crippen LogP contribution < -0.4 is 10.5 Å². The van der Waals surface area contributed by atoms with Gasteiger partial charge in [0, 0.05) is 34.9 Å². The second kappa shape index (κ2) is 5.09. The van der Waals surface area contributed by atoms with Crippen LogP contribution in [-0.4, -0.2) is 4.98 Å². The van der Waals surface area contributed by atoms with Crippen LogP contribution >= 0.6 is 15.9 Å². The molecule has 2 N–H and O–H groups in total. The van der Waals surface area contributed by atoms with E-state index in [-0.39, 0.29) is 5.82 Å². The first kappa shape index (κ1) is 12.9. The molecule has 0 fully saturated rings. The van der Waals surface area contributed by atoms with Crippen molar-refractivity contribution >= 4 is 32.4 Å². The van der Waals surface area contributed by atoms with E-state index in [1.807, 2.05) is 6.07 Å². The summed E-state index contributed by atoms with van der Waals surface area (Å²) < 4.78 is 19.8. The van der Waals surface area contributed by atoms with Crippen LogP contribution in [0.25, 0.3) is 10.8 Å². The zero-order valence-corrected chi connectivity index (χ0v) is 11.9. The lowest BCUT2D eigenvalue weighted by molar-refractivity contribution is 0.479. The van der Waals surface area contributed by atoms with Gasteiger partial charge >= 0.3 is 0 Å². The van der Waals surface area contributed by atoms with Crippen molar-refractivity contribution < 1.29 is 9.13 Å². The van der Waals surface area contributed by atoms with Gasteiger partial charge in [-0.15, -0.1) is 0 Å². The number of halogens is 2. The summed E-state index contributed by atoms with van der Waals surface area (Å²) in [7, 11) is 0. The molecule has 3 aromatic rings. The molecule has 0 aliphatic carbocycles. The summed E-state index contributed by atoms with van der Waals surface area (Å²) in [6.07, 6.45) is 3.34. The van der Waals surface area contributed by atoms with Crippen molar-refractivity contribution in [2.75, 3.05) is 5.73 Å². The van der Waals surface area contributed by atoms with Crippen LogP contribution in [0.4, 0.5) is 10.1 Å². The molecule has 2 aromatic carbocycles. The van der Waals surface area contributed by atoms with Crippen LogP contribution in [0, 0.1) is 5.82 Å². The quantitative estimate of drug-likeness (QED) is 0.702. The normalized spacial score (nSPS) is 10.7. The summed E-state index contributed by atoms with van der Waals surface area (Å²) >= 11 is 3.34. The van der Waals surface area contributed by atoms with Crippen molar-refractivity contribution in [3.05, 3.63) is 59.1 Å². The van der Waals surface area contributed by atoms with E-state index in [1.165, 1.54) is 12.1 Å². The minimum absolute atomic E-state index is 0.357.